The predicted octanol–water partition coefficient (Wildman–Crippen LogP) is -0.121. The van der Waals surface area contributed by atoms with Crippen LogP contribution in [0.4, 0.5) is 0 Å². The number of hydrogen-bond donors (Lipinski definition) is 8. The molecule has 12 heteroatoms. The summed E-state index contributed by atoms with van der Waals surface area (Å²) in [7, 11) is 0. The Morgan fingerprint density at radius 2 is 1.64 bits per heavy atom. The number of fused-ring (bicyclic) bond motifs is 1. The van der Waals surface area contributed by atoms with Gasteiger partial charge in [-0.2, -0.15) is 0 Å². The molecule has 1 saturated heterocycles. The van der Waals surface area contributed by atoms with Crippen LogP contribution >= 0.6 is 0 Å². The quantitative estimate of drug-likeness (QED) is 0.188. The largest absolute Gasteiger partial charge is 0.508 e. The Bertz CT molecular complexity index is 1200. The first-order valence-electron chi connectivity index (χ1n) is 9.64. The third-order valence-corrected chi connectivity index (χ3v) is 5.27. The first-order valence-corrected chi connectivity index (χ1v) is 9.64. The number of aliphatic hydroxyl groups is 4. The van der Waals surface area contributed by atoms with E-state index in [2.05, 4.69) is 0 Å². The molecule has 4 rings (SSSR count). The van der Waals surface area contributed by atoms with Crippen molar-refractivity contribution in [2.75, 3.05) is 6.61 Å². The van der Waals surface area contributed by atoms with Gasteiger partial charge < -0.3 is 54.7 Å². The number of ether oxygens (including phenoxy) is 2. The summed E-state index contributed by atoms with van der Waals surface area (Å²) in [5, 5.41) is 78.7. The van der Waals surface area contributed by atoms with Crippen LogP contribution in [0.15, 0.2) is 34.7 Å². The number of aliphatic hydroxyl groups excluding tert-OH is 4. The van der Waals surface area contributed by atoms with E-state index in [0.29, 0.717) is 0 Å². The summed E-state index contributed by atoms with van der Waals surface area (Å²) in [5.74, 6) is -3.34. The van der Waals surface area contributed by atoms with Crippen LogP contribution in [0.25, 0.3) is 22.3 Å². The van der Waals surface area contributed by atoms with E-state index in [0.717, 1.165) is 24.3 Å². The van der Waals surface area contributed by atoms with Crippen molar-refractivity contribution in [3.05, 3.63) is 35.9 Å². The summed E-state index contributed by atoms with van der Waals surface area (Å²) >= 11 is 0. The smallest absolute Gasteiger partial charge is 0.345 e. The molecular formula is C21H20O12. The second-order valence-corrected chi connectivity index (χ2v) is 7.45. The van der Waals surface area contributed by atoms with E-state index < -0.39 is 60.5 Å². The Morgan fingerprint density at radius 3 is 2.30 bits per heavy atom. The lowest BCUT2D eigenvalue weighted by Crippen LogP contribution is -2.59. The summed E-state index contributed by atoms with van der Waals surface area (Å²) < 4.78 is 16.0. The van der Waals surface area contributed by atoms with E-state index in [1.807, 2.05) is 0 Å². The highest BCUT2D eigenvalue weighted by molar-refractivity contribution is 6.11. The molecule has 12 nitrogen and oxygen atoms in total. The SMILES string of the molecule is O=C(O[C@@H]1O[C@H](CO)[C@@H](O)[C@H](O)[C@H]1O)c1c(-c2ccc(O)c(O)c2)oc2cc(O)cc(O)c12. The van der Waals surface area contributed by atoms with Gasteiger partial charge >= 0.3 is 5.97 Å². The number of carbonyl (C=O) groups is 1. The molecule has 1 aromatic heterocycles. The number of phenols is 4. The summed E-state index contributed by atoms with van der Waals surface area (Å²) in [6.07, 6.45) is -8.48. The number of aromatic hydroxyl groups is 4. The van der Waals surface area contributed by atoms with Gasteiger partial charge in [0.2, 0.25) is 6.29 Å². The molecule has 0 spiro atoms. The van der Waals surface area contributed by atoms with Crippen LogP contribution in [-0.4, -0.2) is 84.1 Å². The van der Waals surface area contributed by atoms with Crippen LogP contribution in [-0.2, 0) is 9.47 Å². The predicted molar refractivity (Wildman–Crippen MR) is 107 cm³/mol. The van der Waals surface area contributed by atoms with Crippen LogP contribution in [0, 0.1) is 0 Å². The van der Waals surface area contributed by atoms with Crippen LogP contribution in [0.3, 0.4) is 0 Å². The standard InChI is InChI=1S/C21H20O12/c22-6-13-16(27)17(28)18(29)21(32-13)33-20(30)15-14-11(26)4-8(23)5-12(14)31-19(15)7-1-2-9(24)10(25)3-7/h1-5,13,16-18,21-29H,6H2/t13-,16-,17+,18-,21+/m1/s1. The molecular weight excluding hydrogens is 444 g/mol. The average Bonchev–Trinajstić information content (AvgIpc) is 3.15. The molecule has 0 saturated carbocycles. The Morgan fingerprint density at radius 1 is 0.909 bits per heavy atom. The maximum atomic E-state index is 13.1. The van der Waals surface area contributed by atoms with Gasteiger partial charge in [-0.1, -0.05) is 0 Å². The summed E-state index contributed by atoms with van der Waals surface area (Å²) in [6.45, 7) is -0.744. The van der Waals surface area contributed by atoms with Gasteiger partial charge in [-0.05, 0) is 18.2 Å². The molecule has 5 atom stereocenters. The molecule has 0 unspecified atom stereocenters. The van der Waals surface area contributed by atoms with Gasteiger partial charge in [-0.3, -0.25) is 0 Å². The minimum Gasteiger partial charge on any atom is -0.508 e. The third-order valence-electron chi connectivity index (χ3n) is 5.27. The number of phenolic OH excluding ortho intramolecular Hbond substituents is 4. The molecule has 0 bridgehead atoms. The first kappa shape index (κ1) is 22.6. The summed E-state index contributed by atoms with van der Waals surface area (Å²) in [6, 6.07) is 5.56. The molecule has 1 aliphatic rings. The van der Waals surface area contributed by atoms with Crippen LogP contribution in [0.2, 0.25) is 0 Å². The van der Waals surface area contributed by atoms with Crippen molar-refractivity contribution < 1.29 is 59.5 Å². The van der Waals surface area contributed by atoms with Crippen molar-refractivity contribution in [3.63, 3.8) is 0 Å². The lowest BCUT2D eigenvalue weighted by atomic mass is 9.99. The molecule has 176 valence electrons. The van der Waals surface area contributed by atoms with Crippen molar-refractivity contribution in [2.45, 2.75) is 30.7 Å². The van der Waals surface area contributed by atoms with E-state index >= 15 is 0 Å². The molecule has 1 fully saturated rings. The van der Waals surface area contributed by atoms with Crippen LogP contribution < -0.4 is 0 Å². The van der Waals surface area contributed by atoms with Gasteiger partial charge in [0.05, 0.1) is 12.0 Å². The molecule has 1 aliphatic heterocycles. The highest BCUT2D eigenvalue weighted by atomic mass is 16.7. The maximum absolute atomic E-state index is 13.1. The Labute approximate surface area is 184 Å². The first-order chi connectivity index (χ1) is 15.6. The number of esters is 1. The maximum Gasteiger partial charge on any atom is 0.345 e. The Kier molecular flexibility index (Phi) is 5.78. The second-order valence-electron chi connectivity index (χ2n) is 7.45. The van der Waals surface area contributed by atoms with E-state index in [4.69, 9.17) is 13.9 Å². The van der Waals surface area contributed by atoms with Crippen molar-refractivity contribution in [1.82, 2.24) is 0 Å². The highest BCUT2D eigenvalue weighted by Gasteiger charge is 2.46. The monoisotopic (exact) mass is 464 g/mol. The van der Waals surface area contributed by atoms with Crippen molar-refractivity contribution in [1.29, 1.82) is 0 Å². The lowest BCUT2D eigenvalue weighted by Gasteiger charge is -2.39. The fourth-order valence-corrected chi connectivity index (χ4v) is 3.58. The molecule has 2 heterocycles. The molecule has 0 aliphatic carbocycles. The molecule has 0 radical (unpaired) electrons. The number of carbonyl (C=O) groups excluding carboxylic acids is 1. The summed E-state index contributed by atoms with van der Waals surface area (Å²) in [5.41, 5.74) is -0.429. The molecule has 8 N–H and O–H groups in total. The molecule has 3 aromatic rings. The van der Waals surface area contributed by atoms with Gasteiger partial charge in [0, 0.05) is 17.7 Å². The fourth-order valence-electron chi connectivity index (χ4n) is 3.58. The van der Waals surface area contributed by atoms with Crippen molar-refractivity contribution >= 4 is 16.9 Å². The molecule has 2 aromatic carbocycles. The van der Waals surface area contributed by atoms with E-state index in [-0.39, 0.29) is 33.6 Å². The fraction of sp³-hybridized carbons (Fsp3) is 0.286. The normalized spacial score (nSPS) is 25.3. The second kappa shape index (κ2) is 8.42. The average molecular weight is 464 g/mol. The molecule has 33 heavy (non-hydrogen) atoms. The number of furan rings is 1. The third kappa shape index (κ3) is 3.90. The number of rotatable bonds is 4. The van der Waals surface area contributed by atoms with Gasteiger partial charge in [-0.15, -0.1) is 0 Å². The Hall–Kier alpha value is -3.55. The van der Waals surface area contributed by atoms with Gasteiger partial charge in [0.25, 0.3) is 0 Å². The van der Waals surface area contributed by atoms with Gasteiger partial charge in [0.1, 0.15) is 52.8 Å². The topological polar surface area (TPSA) is 211 Å². The lowest BCUT2D eigenvalue weighted by molar-refractivity contribution is -0.285. The van der Waals surface area contributed by atoms with Gasteiger partial charge in [0.15, 0.2) is 11.5 Å². The summed E-state index contributed by atoms with van der Waals surface area (Å²) in [4.78, 5) is 13.1. The van der Waals surface area contributed by atoms with Crippen LogP contribution in [0.1, 0.15) is 10.4 Å². The van der Waals surface area contributed by atoms with E-state index in [1.54, 1.807) is 0 Å². The minimum atomic E-state index is -1.87. The van der Waals surface area contributed by atoms with Crippen molar-refractivity contribution in [3.8, 4) is 34.3 Å². The zero-order chi connectivity index (χ0) is 24.0. The van der Waals surface area contributed by atoms with E-state index in [1.165, 1.54) is 6.07 Å². The van der Waals surface area contributed by atoms with E-state index in [9.17, 15) is 45.6 Å². The minimum absolute atomic E-state index is 0.0844. The van der Waals surface area contributed by atoms with Gasteiger partial charge in [-0.25, -0.2) is 4.79 Å². The van der Waals surface area contributed by atoms with Crippen molar-refractivity contribution in [2.24, 2.45) is 0 Å². The number of benzene rings is 2. The molecule has 0 amide bonds. The zero-order valence-electron chi connectivity index (χ0n) is 16.7. The highest BCUT2D eigenvalue weighted by Crippen LogP contribution is 2.42. The van der Waals surface area contributed by atoms with Crippen LogP contribution in [0.5, 0.6) is 23.0 Å². The zero-order valence-corrected chi connectivity index (χ0v) is 16.7. The Balaban J connectivity index is 1.80. The number of hydrogen-bond acceptors (Lipinski definition) is 12.